The van der Waals surface area contributed by atoms with Crippen LogP contribution in [0.15, 0.2) is 30.5 Å². The van der Waals surface area contributed by atoms with Crippen molar-refractivity contribution in [3.63, 3.8) is 0 Å². The largest absolute Gasteiger partial charge is 0.481 e. The van der Waals surface area contributed by atoms with Gasteiger partial charge in [0.15, 0.2) is 0 Å². The highest BCUT2D eigenvalue weighted by molar-refractivity contribution is 5.84. The minimum atomic E-state index is -0.718. The van der Waals surface area contributed by atoms with Gasteiger partial charge in [0.05, 0.1) is 0 Å². The Morgan fingerprint density at radius 3 is 2.71 bits per heavy atom. The van der Waals surface area contributed by atoms with Gasteiger partial charge in [-0.25, -0.2) is 0 Å². The lowest BCUT2D eigenvalue weighted by Gasteiger charge is -2.10. The van der Waals surface area contributed by atoms with Gasteiger partial charge in [-0.15, -0.1) is 0 Å². The Balaban J connectivity index is 2.12. The topological polar surface area (TPSA) is 45.5 Å². The summed E-state index contributed by atoms with van der Waals surface area (Å²) in [7, 11) is 4.18. The Morgan fingerprint density at radius 2 is 2.00 bits per heavy atom. The van der Waals surface area contributed by atoms with Crippen LogP contribution in [0.4, 0.5) is 0 Å². The highest BCUT2D eigenvalue weighted by Crippen LogP contribution is 2.23. The third-order valence-corrected chi connectivity index (χ3v) is 3.71. The molecule has 2 rings (SSSR count). The van der Waals surface area contributed by atoms with Crippen molar-refractivity contribution in [2.45, 2.75) is 32.2 Å². The van der Waals surface area contributed by atoms with Crippen molar-refractivity contribution < 1.29 is 9.90 Å². The minimum Gasteiger partial charge on any atom is -0.481 e. The van der Waals surface area contributed by atoms with Crippen LogP contribution in [0.5, 0.6) is 0 Å². The van der Waals surface area contributed by atoms with Gasteiger partial charge in [0.1, 0.15) is 0 Å². The average Bonchev–Trinajstić information content (AvgIpc) is 2.77. The van der Waals surface area contributed by atoms with Crippen molar-refractivity contribution in [3.8, 4) is 0 Å². The molecule has 0 bridgehead atoms. The Bertz CT molecular complexity index is 602. The molecule has 0 saturated heterocycles. The van der Waals surface area contributed by atoms with E-state index in [2.05, 4.69) is 48.0 Å². The van der Waals surface area contributed by atoms with Crippen molar-refractivity contribution in [2.24, 2.45) is 0 Å². The molecule has 0 fully saturated rings. The molecule has 1 heterocycles. The first-order valence-electron chi connectivity index (χ1n) is 7.51. The molecule has 0 atom stereocenters. The number of aromatic nitrogens is 1. The van der Waals surface area contributed by atoms with Crippen molar-refractivity contribution in [1.29, 1.82) is 0 Å². The summed E-state index contributed by atoms with van der Waals surface area (Å²) in [6, 6.07) is 8.39. The summed E-state index contributed by atoms with van der Waals surface area (Å²) in [5.41, 5.74) is 2.51. The fraction of sp³-hybridized carbons (Fsp3) is 0.471. The number of benzene rings is 1. The second kappa shape index (κ2) is 7.27. The Kier molecular flexibility index (Phi) is 5.39. The van der Waals surface area contributed by atoms with E-state index in [9.17, 15) is 4.79 Å². The van der Waals surface area contributed by atoms with Gasteiger partial charge in [-0.3, -0.25) is 4.79 Å². The standard InChI is InChI=1S/C17H24N2O2/c1-18(2)11-6-12-19-13-14(7-5-10-17(20)21)15-8-3-4-9-16(15)19/h3-4,8-9,13H,5-7,10-12H2,1-2H3,(H,20,21). The van der Waals surface area contributed by atoms with Gasteiger partial charge < -0.3 is 14.6 Å². The molecule has 4 nitrogen and oxygen atoms in total. The molecular weight excluding hydrogens is 264 g/mol. The number of aryl methyl sites for hydroxylation is 2. The van der Waals surface area contributed by atoms with Gasteiger partial charge in [0.25, 0.3) is 0 Å². The quantitative estimate of drug-likeness (QED) is 0.812. The maximum absolute atomic E-state index is 10.7. The molecule has 0 unspecified atom stereocenters. The Morgan fingerprint density at radius 1 is 1.24 bits per heavy atom. The lowest BCUT2D eigenvalue weighted by molar-refractivity contribution is -0.137. The first-order chi connectivity index (χ1) is 10.1. The maximum Gasteiger partial charge on any atom is 0.303 e. The zero-order valence-electron chi connectivity index (χ0n) is 12.9. The van der Waals surface area contributed by atoms with Crippen LogP contribution in [0.25, 0.3) is 10.9 Å². The number of carbonyl (C=O) groups is 1. The fourth-order valence-electron chi connectivity index (χ4n) is 2.69. The fourth-order valence-corrected chi connectivity index (χ4v) is 2.69. The molecule has 4 heteroatoms. The molecule has 1 N–H and O–H groups in total. The number of fused-ring (bicyclic) bond motifs is 1. The van der Waals surface area contributed by atoms with E-state index in [0.717, 1.165) is 25.9 Å². The second-order valence-corrected chi connectivity index (χ2v) is 5.77. The van der Waals surface area contributed by atoms with Gasteiger partial charge in [-0.1, -0.05) is 18.2 Å². The van der Waals surface area contributed by atoms with Crippen LogP contribution in [0, 0.1) is 0 Å². The van der Waals surface area contributed by atoms with Crippen LogP contribution in [-0.2, 0) is 17.8 Å². The number of aliphatic carboxylic acids is 1. The highest BCUT2D eigenvalue weighted by atomic mass is 16.4. The molecule has 0 aliphatic rings. The van der Waals surface area contributed by atoms with Crippen molar-refractivity contribution >= 4 is 16.9 Å². The van der Waals surface area contributed by atoms with Crippen LogP contribution in [0.2, 0.25) is 0 Å². The number of nitrogens with zero attached hydrogens (tertiary/aromatic N) is 2. The van der Waals surface area contributed by atoms with Crippen LogP contribution in [0.1, 0.15) is 24.8 Å². The lowest BCUT2D eigenvalue weighted by atomic mass is 10.1. The van der Waals surface area contributed by atoms with E-state index in [-0.39, 0.29) is 6.42 Å². The van der Waals surface area contributed by atoms with Crippen molar-refractivity contribution in [3.05, 3.63) is 36.0 Å². The maximum atomic E-state index is 10.7. The van der Waals surface area contributed by atoms with Crippen LogP contribution < -0.4 is 0 Å². The SMILES string of the molecule is CN(C)CCCn1cc(CCCC(=O)O)c2ccccc21. The van der Waals surface area contributed by atoms with E-state index < -0.39 is 5.97 Å². The molecule has 2 aromatic rings. The Hall–Kier alpha value is -1.81. The lowest BCUT2D eigenvalue weighted by Crippen LogP contribution is -2.14. The number of carboxylic acid groups (broad SMARTS) is 1. The minimum absolute atomic E-state index is 0.236. The van der Waals surface area contributed by atoms with Crippen molar-refractivity contribution in [2.75, 3.05) is 20.6 Å². The van der Waals surface area contributed by atoms with Gasteiger partial charge in [-0.2, -0.15) is 0 Å². The zero-order chi connectivity index (χ0) is 15.2. The first kappa shape index (κ1) is 15.6. The van der Waals surface area contributed by atoms with Gasteiger partial charge in [0.2, 0.25) is 0 Å². The molecule has 1 aromatic carbocycles. The first-order valence-corrected chi connectivity index (χ1v) is 7.51. The molecule has 114 valence electrons. The number of para-hydroxylation sites is 1. The van der Waals surface area contributed by atoms with E-state index in [1.807, 2.05) is 6.07 Å². The van der Waals surface area contributed by atoms with Crippen molar-refractivity contribution in [1.82, 2.24) is 9.47 Å². The average molecular weight is 288 g/mol. The smallest absolute Gasteiger partial charge is 0.303 e. The van der Waals surface area contributed by atoms with Gasteiger partial charge >= 0.3 is 5.97 Å². The summed E-state index contributed by atoms with van der Waals surface area (Å²) in [5.74, 6) is -0.718. The third kappa shape index (κ3) is 4.33. The molecule has 0 radical (unpaired) electrons. The van der Waals surface area contributed by atoms with Crippen LogP contribution >= 0.6 is 0 Å². The van der Waals surface area contributed by atoms with Crippen LogP contribution in [-0.4, -0.2) is 41.2 Å². The monoisotopic (exact) mass is 288 g/mol. The number of hydrogen-bond donors (Lipinski definition) is 1. The number of carboxylic acids is 1. The second-order valence-electron chi connectivity index (χ2n) is 5.77. The van der Waals surface area contributed by atoms with Gasteiger partial charge in [-0.05, 0) is 51.5 Å². The molecule has 0 aliphatic heterocycles. The summed E-state index contributed by atoms with van der Waals surface area (Å²) in [5, 5.41) is 10.0. The van der Waals surface area contributed by atoms with Gasteiger partial charge in [0, 0.05) is 30.1 Å². The molecule has 0 aliphatic carbocycles. The summed E-state index contributed by atoms with van der Waals surface area (Å²) in [6.45, 7) is 2.07. The summed E-state index contributed by atoms with van der Waals surface area (Å²) in [6.07, 6.45) is 5.07. The van der Waals surface area contributed by atoms with E-state index in [0.29, 0.717) is 6.42 Å². The van der Waals surface area contributed by atoms with Crippen LogP contribution in [0.3, 0.4) is 0 Å². The summed E-state index contributed by atoms with van der Waals surface area (Å²) in [4.78, 5) is 12.8. The van der Waals surface area contributed by atoms with E-state index in [1.54, 1.807) is 0 Å². The van der Waals surface area contributed by atoms with E-state index in [4.69, 9.17) is 5.11 Å². The molecule has 0 spiro atoms. The highest BCUT2D eigenvalue weighted by Gasteiger charge is 2.08. The molecule has 0 saturated carbocycles. The van der Waals surface area contributed by atoms with E-state index in [1.165, 1.54) is 16.5 Å². The molecule has 1 aromatic heterocycles. The number of rotatable bonds is 8. The zero-order valence-corrected chi connectivity index (χ0v) is 12.9. The third-order valence-electron chi connectivity index (χ3n) is 3.71. The van der Waals surface area contributed by atoms with E-state index >= 15 is 0 Å². The molecule has 0 amide bonds. The number of hydrogen-bond acceptors (Lipinski definition) is 2. The molecular formula is C17H24N2O2. The predicted molar refractivity (Wildman–Crippen MR) is 85.7 cm³/mol. The normalized spacial score (nSPS) is 11.4. The molecule has 21 heavy (non-hydrogen) atoms. The summed E-state index contributed by atoms with van der Waals surface area (Å²) >= 11 is 0. The Labute approximate surface area is 126 Å². The predicted octanol–water partition coefficient (Wildman–Crippen LogP) is 3.00. The summed E-state index contributed by atoms with van der Waals surface area (Å²) < 4.78 is 2.30.